The van der Waals surface area contributed by atoms with Crippen molar-refractivity contribution in [3.8, 4) is 0 Å². The molecule has 0 unspecified atom stereocenters. The number of anilines is 1. The van der Waals surface area contributed by atoms with Crippen LogP contribution in [0, 0.1) is 5.82 Å². The fourth-order valence-electron chi connectivity index (χ4n) is 4.39. The molecule has 0 bridgehead atoms. The first-order chi connectivity index (χ1) is 19.0. The molecule has 1 atom stereocenters. The van der Waals surface area contributed by atoms with Gasteiger partial charge >= 0.3 is 24.2 Å². The van der Waals surface area contributed by atoms with Crippen LogP contribution in [-0.4, -0.2) is 54.7 Å². The van der Waals surface area contributed by atoms with Gasteiger partial charge in [-0.25, -0.2) is 17.6 Å². The van der Waals surface area contributed by atoms with Gasteiger partial charge in [0, 0.05) is 12.0 Å². The Hall–Kier alpha value is -3.73. The van der Waals surface area contributed by atoms with Crippen molar-refractivity contribution in [2.24, 2.45) is 0 Å². The molecule has 0 fully saturated rings. The smallest absolute Gasteiger partial charge is 0.430 e. The zero-order chi connectivity index (χ0) is 30.4. The number of hydrogen-bond donors (Lipinski definition) is 1. The van der Waals surface area contributed by atoms with Gasteiger partial charge in [-0.2, -0.15) is 26.3 Å². The maximum absolute atomic E-state index is 13.7. The highest BCUT2D eigenvalue weighted by atomic mass is 32.2. The third-order valence-electron chi connectivity index (χ3n) is 6.33. The van der Waals surface area contributed by atoms with Gasteiger partial charge in [-0.1, -0.05) is 12.1 Å². The second kappa shape index (κ2) is 10.6. The number of carbonyl (C=O) groups excluding carboxylic acids is 1. The van der Waals surface area contributed by atoms with Gasteiger partial charge < -0.3 is 14.3 Å². The summed E-state index contributed by atoms with van der Waals surface area (Å²) in [6.07, 6.45) is -13.0. The predicted molar refractivity (Wildman–Crippen MR) is 125 cm³/mol. The molecule has 2 heterocycles. The molecule has 41 heavy (non-hydrogen) atoms. The molecule has 222 valence electrons. The molecule has 1 aliphatic rings. The number of esters is 1. The Morgan fingerprint density at radius 3 is 2.29 bits per heavy atom. The zero-order valence-corrected chi connectivity index (χ0v) is 21.6. The number of ether oxygens (including phenoxy) is 1. The molecular weight excluding hydrogens is 591 g/mol. The number of aryl methyl sites for hydroxylation is 1. The molecule has 0 saturated heterocycles. The largest absolute Gasteiger partial charge is 0.459 e. The van der Waals surface area contributed by atoms with Crippen LogP contribution in [0.5, 0.6) is 0 Å². The van der Waals surface area contributed by atoms with Crippen molar-refractivity contribution in [2.75, 3.05) is 10.9 Å². The first kappa shape index (κ1) is 30.2. The molecule has 2 aromatic carbocycles. The number of alkyl halides is 6. The summed E-state index contributed by atoms with van der Waals surface area (Å²) < 4.78 is 133. The molecular formula is C24H20F7N3O6S. The van der Waals surface area contributed by atoms with Crippen LogP contribution in [0.4, 0.5) is 36.4 Å². The van der Waals surface area contributed by atoms with Crippen LogP contribution < -0.4 is 4.31 Å². The van der Waals surface area contributed by atoms with Crippen LogP contribution in [0.3, 0.4) is 0 Å². The number of aliphatic hydroxyl groups is 1. The number of hydrogen-bond acceptors (Lipinski definition) is 8. The van der Waals surface area contributed by atoms with Crippen molar-refractivity contribution >= 4 is 21.7 Å². The van der Waals surface area contributed by atoms with E-state index in [1.165, 1.54) is 6.92 Å². The van der Waals surface area contributed by atoms with Crippen LogP contribution in [0.15, 0.2) is 51.8 Å². The second-order valence-corrected chi connectivity index (χ2v) is 10.7. The lowest BCUT2D eigenvalue weighted by Crippen LogP contribution is -2.54. The normalized spacial score (nSPS) is 16.4. The van der Waals surface area contributed by atoms with Gasteiger partial charge in [-0.05, 0) is 55.7 Å². The number of rotatable bonds is 7. The Morgan fingerprint density at radius 2 is 1.71 bits per heavy atom. The van der Waals surface area contributed by atoms with E-state index in [1.807, 2.05) is 0 Å². The summed E-state index contributed by atoms with van der Waals surface area (Å²) >= 11 is 0. The number of sulfonamides is 1. The molecule has 9 nitrogen and oxygen atoms in total. The van der Waals surface area contributed by atoms with Gasteiger partial charge in [0.25, 0.3) is 15.6 Å². The predicted octanol–water partition coefficient (Wildman–Crippen LogP) is 4.45. The van der Waals surface area contributed by atoms with Gasteiger partial charge in [0.05, 0.1) is 23.2 Å². The SMILES string of the molecule is CCOC(=O)c1nnc(C[C@@H]2CCc3cc(C(O)(C(F)(F)F)C(F)(F)F)ccc3N2S(=O)(=O)c2ccc(F)cc2)o1. The molecule has 0 aliphatic carbocycles. The quantitative estimate of drug-likeness (QED) is 0.307. The standard InChI is InChI=1S/C24H20F7N3O6S/c1-2-39-21(35)20-33-32-19(40-20)12-16-7-3-13-11-14(22(36,23(26,27)28)24(29,30)31)4-10-18(13)34(16)41(37,38)17-8-5-15(25)6-9-17/h4-6,8-11,16,36H,2-3,7,12H2,1H3/t16-/m0/s1. The molecule has 1 aliphatic heterocycles. The summed E-state index contributed by atoms with van der Waals surface area (Å²) in [4.78, 5) is 11.4. The Morgan fingerprint density at radius 1 is 1.07 bits per heavy atom. The number of benzene rings is 2. The average Bonchev–Trinajstić information content (AvgIpc) is 3.35. The number of aromatic nitrogens is 2. The molecule has 0 radical (unpaired) electrons. The highest BCUT2D eigenvalue weighted by Crippen LogP contribution is 2.51. The molecule has 1 N–H and O–H groups in total. The van der Waals surface area contributed by atoms with Crippen LogP contribution in [0.1, 0.15) is 41.0 Å². The Kier molecular flexibility index (Phi) is 7.81. The van der Waals surface area contributed by atoms with Gasteiger partial charge in [0.15, 0.2) is 0 Å². The lowest BCUT2D eigenvalue weighted by Gasteiger charge is -2.39. The summed E-state index contributed by atoms with van der Waals surface area (Å²) in [5.74, 6) is -2.43. The summed E-state index contributed by atoms with van der Waals surface area (Å²) in [7, 11) is -4.61. The van der Waals surface area contributed by atoms with Crippen LogP contribution in [0.2, 0.25) is 0 Å². The minimum absolute atomic E-state index is 0.000557. The van der Waals surface area contributed by atoms with E-state index in [4.69, 9.17) is 9.15 Å². The van der Waals surface area contributed by atoms with Gasteiger partial charge in [0.1, 0.15) is 5.82 Å². The van der Waals surface area contributed by atoms with Crippen LogP contribution >= 0.6 is 0 Å². The molecule has 1 aromatic heterocycles. The molecule has 17 heteroatoms. The van der Waals surface area contributed by atoms with E-state index in [2.05, 4.69) is 10.2 Å². The number of carbonyl (C=O) groups is 1. The van der Waals surface area contributed by atoms with E-state index in [-0.39, 0.29) is 43.0 Å². The lowest BCUT2D eigenvalue weighted by atomic mass is 9.87. The third-order valence-corrected chi connectivity index (χ3v) is 8.21. The number of nitrogens with zero attached hydrogens (tertiary/aromatic N) is 3. The van der Waals surface area contributed by atoms with Crippen molar-refractivity contribution in [2.45, 2.75) is 55.1 Å². The second-order valence-electron chi connectivity index (χ2n) is 8.92. The van der Waals surface area contributed by atoms with Gasteiger partial charge in [-0.3, -0.25) is 4.31 Å². The number of fused-ring (bicyclic) bond motifs is 1. The van der Waals surface area contributed by atoms with Crippen molar-refractivity contribution in [3.63, 3.8) is 0 Å². The van der Waals surface area contributed by atoms with Crippen LogP contribution in [0.25, 0.3) is 0 Å². The van der Waals surface area contributed by atoms with Crippen molar-refractivity contribution < 1.29 is 58.2 Å². The zero-order valence-electron chi connectivity index (χ0n) is 20.8. The van der Waals surface area contributed by atoms with E-state index in [1.54, 1.807) is 0 Å². The fourth-order valence-corrected chi connectivity index (χ4v) is 6.11. The summed E-state index contributed by atoms with van der Waals surface area (Å²) in [6, 6.07) is 4.00. The Balaban J connectivity index is 1.81. The highest BCUT2D eigenvalue weighted by molar-refractivity contribution is 7.92. The maximum atomic E-state index is 13.7. The maximum Gasteiger partial charge on any atom is 0.430 e. The third kappa shape index (κ3) is 5.47. The minimum Gasteiger partial charge on any atom is -0.459 e. The van der Waals surface area contributed by atoms with Crippen LogP contribution in [-0.2, 0) is 33.2 Å². The summed E-state index contributed by atoms with van der Waals surface area (Å²) in [6.45, 7) is 1.53. The molecule has 3 aromatic rings. The Labute approximate surface area is 227 Å². The molecule has 4 rings (SSSR count). The van der Waals surface area contributed by atoms with E-state index in [0.717, 1.165) is 34.6 Å². The topological polar surface area (TPSA) is 123 Å². The monoisotopic (exact) mass is 611 g/mol. The van der Waals surface area contributed by atoms with E-state index < -0.39 is 62.2 Å². The van der Waals surface area contributed by atoms with Crippen molar-refractivity contribution in [1.29, 1.82) is 0 Å². The minimum atomic E-state index is -6.15. The number of halogens is 7. The average molecular weight is 611 g/mol. The molecule has 0 amide bonds. The highest BCUT2D eigenvalue weighted by Gasteiger charge is 2.71. The first-order valence-corrected chi connectivity index (χ1v) is 13.2. The fraction of sp³-hybridized carbons (Fsp3) is 0.375. The van der Waals surface area contributed by atoms with Crippen molar-refractivity contribution in [3.05, 3.63) is 71.2 Å². The molecule has 0 saturated carbocycles. The lowest BCUT2D eigenvalue weighted by molar-refractivity contribution is -0.376. The van der Waals surface area contributed by atoms with E-state index in [0.29, 0.717) is 12.1 Å². The van der Waals surface area contributed by atoms with Gasteiger partial charge in [0.2, 0.25) is 5.89 Å². The van der Waals surface area contributed by atoms with Crippen molar-refractivity contribution in [1.82, 2.24) is 10.2 Å². The summed E-state index contributed by atoms with van der Waals surface area (Å²) in [5, 5.41) is 17.1. The van der Waals surface area contributed by atoms with E-state index >= 15 is 0 Å². The van der Waals surface area contributed by atoms with Gasteiger partial charge in [-0.15, -0.1) is 10.2 Å². The van der Waals surface area contributed by atoms with E-state index in [9.17, 15) is 49.1 Å². The molecule has 0 spiro atoms. The summed E-state index contributed by atoms with van der Waals surface area (Å²) in [5.41, 5.74) is -7.30. The first-order valence-electron chi connectivity index (χ1n) is 11.8. The Bertz CT molecular complexity index is 1520.